The zero-order valence-electron chi connectivity index (χ0n) is 19.1. The SMILES string of the molecule is [2H]C([2H])([2H])c1c(-c2c(C)noc2C)cnc2[nH]cc(C(OC)C3CCC(F)(F)CC3)c12. The summed E-state index contributed by atoms with van der Waals surface area (Å²) >= 11 is 0. The topological polar surface area (TPSA) is 63.9 Å². The smallest absolute Gasteiger partial charge is 0.248 e. The fourth-order valence-corrected chi connectivity index (χ4v) is 4.34. The number of aromatic amines is 1. The maximum Gasteiger partial charge on any atom is 0.248 e. The monoisotopic (exact) mass is 392 g/mol. The van der Waals surface area contributed by atoms with Gasteiger partial charge in [-0.1, -0.05) is 5.16 Å². The van der Waals surface area contributed by atoms with Gasteiger partial charge in [0.1, 0.15) is 11.4 Å². The van der Waals surface area contributed by atoms with Crippen LogP contribution in [0.4, 0.5) is 8.78 Å². The molecule has 0 aliphatic heterocycles. The summed E-state index contributed by atoms with van der Waals surface area (Å²) < 4.78 is 63.2. The van der Waals surface area contributed by atoms with Gasteiger partial charge in [-0.15, -0.1) is 0 Å². The molecule has 1 aliphatic carbocycles. The van der Waals surface area contributed by atoms with Crippen molar-refractivity contribution in [3.8, 4) is 11.1 Å². The van der Waals surface area contributed by atoms with E-state index in [1.807, 2.05) is 0 Å². The molecule has 1 aliphatic rings. The molecule has 1 saturated carbocycles. The molecular formula is C21H25F2N3O2. The minimum atomic E-state index is -2.66. The first kappa shape index (κ1) is 15.6. The summed E-state index contributed by atoms with van der Waals surface area (Å²) in [5.74, 6) is -2.30. The fourth-order valence-electron chi connectivity index (χ4n) is 4.34. The van der Waals surface area contributed by atoms with E-state index < -0.39 is 18.9 Å². The second-order valence-corrected chi connectivity index (χ2v) is 7.56. The molecule has 0 bridgehead atoms. The van der Waals surface area contributed by atoms with Gasteiger partial charge in [-0.3, -0.25) is 0 Å². The maximum atomic E-state index is 13.7. The van der Waals surface area contributed by atoms with E-state index in [0.717, 1.165) is 0 Å². The molecule has 5 nitrogen and oxygen atoms in total. The van der Waals surface area contributed by atoms with Gasteiger partial charge in [0.25, 0.3) is 0 Å². The first-order valence-electron chi connectivity index (χ1n) is 10.9. The molecule has 0 amide bonds. The molecular weight excluding hydrogens is 364 g/mol. The number of nitrogens with one attached hydrogen (secondary N) is 1. The average Bonchev–Trinajstić information content (AvgIpc) is 3.25. The molecule has 150 valence electrons. The van der Waals surface area contributed by atoms with Crippen molar-refractivity contribution >= 4 is 11.0 Å². The van der Waals surface area contributed by atoms with Gasteiger partial charge in [0.05, 0.1) is 11.8 Å². The number of fused-ring (bicyclic) bond motifs is 1. The Kier molecular flexibility index (Phi) is 3.88. The van der Waals surface area contributed by atoms with E-state index in [1.54, 1.807) is 20.0 Å². The lowest BCUT2D eigenvalue weighted by Gasteiger charge is -2.33. The Morgan fingerprint density at radius 2 is 2.11 bits per heavy atom. The second kappa shape index (κ2) is 6.95. The minimum Gasteiger partial charge on any atom is -0.376 e. The van der Waals surface area contributed by atoms with Gasteiger partial charge in [0, 0.05) is 58.5 Å². The summed E-state index contributed by atoms with van der Waals surface area (Å²) in [6.07, 6.45) is 2.89. The number of hydrogen-bond donors (Lipinski definition) is 1. The number of alkyl halides is 2. The van der Waals surface area contributed by atoms with Crippen molar-refractivity contribution in [2.45, 2.75) is 58.4 Å². The van der Waals surface area contributed by atoms with Crippen LogP contribution in [0.2, 0.25) is 0 Å². The molecule has 3 aromatic heterocycles. The van der Waals surface area contributed by atoms with E-state index in [0.29, 0.717) is 52.0 Å². The number of rotatable bonds is 4. The van der Waals surface area contributed by atoms with Crippen molar-refractivity contribution in [2.24, 2.45) is 5.92 Å². The molecule has 7 heteroatoms. The Bertz CT molecular complexity index is 1080. The molecule has 1 unspecified atom stereocenters. The normalized spacial score (nSPS) is 20.7. The first-order valence-corrected chi connectivity index (χ1v) is 9.38. The number of aryl methyl sites for hydroxylation is 3. The van der Waals surface area contributed by atoms with Gasteiger partial charge in [-0.2, -0.15) is 0 Å². The van der Waals surface area contributed by atoms with Crippen LogP contribution in [-0.2, 0) is 4.74 Å². The van der Waals surface area contributed by atoms with Crippen LogP contribution in [0.5, 0.6) is 0 Å². The highest BCUT2D eigenvalue weighted by Crippen LogP contribution is 2.45. The second-order valence-electron chi connectivity index (χ2n) is 7.56. The van der Waals surface area contributed by atoms with Crippen molar-refractivity contribution in [1.82, 2.24) is 15.1 Å². The summed E-state index contributed by atoms with van der Waals surface area (Å²) in [7, 11) is 1.52. The van der Waals surface area contributed by atoms with E-state index in [2.05, 4.69) is 15.1 Å². The lowest BCUT2D eigenvalue weighted by Crippen LogP contribution is -2.28. The Balaban J connectivity index is 1.91. The standard InChI is InChI=1S/C21H25F2N3O2/c1-11-15(18-12(2)26-28-13(18)3)9-24-20-17(11)16(10-25-20)19(27-4)14-5-7-21(22,23)8-6-14/h9-10,14,19H,5-8H2,1-4H3,(H,24,25)/i1D3. The van der Waals surface area contributed by atoms with Gasteiger partial charge in [0.2, 0.25) is 5.92 Å². The third-order valence-electron chi connectivity index (χ3n) is 5.79. The highest BCUT2D eigenvalue weighted by molar-refractivity contribution is 5.90. The molecule has 28 heavy (non-hydrogen) atoms. The number of nitrogens with zero attached hydrogens (tertiary/aromatic N) is 2. The summed E-state index contributed by atoms with van der Waals surface area (Å²) in [4.78, 5) is 7.49. The zero-order valence-corrected chi connectivity index (χ0v) is 16.1. The molecule has 1 fully saturated rings. The highest BCUT2D eigenvalue weighted by Gasteiger charge is 2.39. The molecule has 0 spiro atoms. The van der Waals surface area contributed by atoms with Gasteiger partial charge in [-0.25, -0.2) is 13.8 Å². The summed E-state index contributed by atoms with van der Waals surface area (Å²) in [5, 5.41) is 4.40. The summed E-state index contributed by atoms with van der Waals surface area (Å²) in [5.41, 5.74) is 2.76. The van der Waals surface area contributed by atoms with Gasteiger partial charge < -0.3 is 14.2 Å². The largest absolute Gasteiger partial charge is 0.376 e. The zero-order chi connectivity index (χ0) is 22.6. The van der Waals surface area contributed by atoms with Gasteiger partial charge >= 0.3 is 0 Å². The fraction of sp³-hybridized carbons (Fsp3) is 0.524. The van der Waals surface area contributed by atoms with Crippen molar-refractivity contribution in [3.05, 3.63) is 35.0 Å². The number of pyridine rings is 1. The van der Waals surface area contributed by atoms with E-state index >= 15 is 0 Å². The van der Waals surface area contributed by atoms with E-state index in [1.165, 1.54) is 13.3 Å². The maximum absolute atomic E-state index is 13.7. The number of aromatic nitrogens is 3. The molecule has 1 atom stereocenters. The van der Waals surface area contributed by atoms with Gasteiger partial charge in [0.15, 0.2) is 0 Å². The molecule has 1 N–H and O–H groups in total. The molecule has 3 aromatic rings. The molecule has 3 heterocycles. The number of hydrogen-bond acceptors (Lipinski definition) is 4. The van der Waals surface area contributed by atoms with Crippen LogP contribution in [0.15, 0.2) is 16.9 Å². The van der Waals surface area contributed by atoms with Crippen LogP contribution in [0.3, 0.4) is 0 Å². The number of methoxy groups -OCH3 is 1. The lowest BCUT2D eigenvalue weighted by atomic mass is 9.80. The van der Waals surface area contributed by atoms with E-state index in [4.69, 9.17) is 13.4 Å². The van der Waals surface area contributed by atoms with Crippen molar-refractivity contribution < 1.29 is 22.2 Å². The van der Waals surface area contributed by atoms with Crippen LogP contribution in [0.25, 0.3) is 22.2 Å². The number of halogens is 2. The molecule has 0 saturated heterocycles. The molecule has 4 rings (SSSR count). The Labute approximate surface area is 166 Å². The van der Waals surface area contributed by atoms with Crippen LogP contribution >= 0.6 is 0 Å². The van der Waals surface area contributed by atoms with E-state index in [-0.39, 0.29) is 24.3 Å². The highest BCUT2D eigenvalue weighted by atomic mass is 19.3. The first-order chi connectivity index (χ1) is 14.5. The number of H-pyrrole nitrogens is 1. The van der Waals surface area contributed by atoms with Gasteiger partial charge in [-0.05, 0) is 45.0 Å². The van der Waals surface area contributed by atoms with Crippen LogP contribution in [-0.4, -0.2) is 28.2 Å². The quantitative estimate of drug-likeness (QED) is 0.623. The lowest BCUT2D eigenvalue weighted by molar-refractivity contribution is -0.0687. The Morgan fingerprint density at radius 1 is 1.36 bits per heavy atom. The van der Waals surface area contributed by atoms with Crippen molar-refractivity contribution in [1.29, 1.82) is 0 Å². The summed E-state index contributed by atoms with van der Waals surface area (Å²) in [6, 6.07) is 0. The van der Waals surface area contributed by atoms with Crippen LogP contribution in [0.1, 0.15) is 58.5 Å². The van der Waals surface area contributed by atoms with Crippen LogP contribution in [0, 0.1) is 26.6 Å². The third-order valence-corrected chi connectivity index (χ3v) is 5.79. The van der Waals surface area contributed by atoms with Crippen molar-refractivity contribution in [3.63, 3.8) is 0 Å². The number of ether oxygens (including phenoxy) is 1. The predicted octanol–water partition coefficient (Wildman–Crippen LogP) is 5.66. The third kappa shape index (κ3) is 3.11. The Hall–Kier alpha value is -2.28. The molecule has 0 aromatic carbocycles. The van der Waals surface area contributed by atoms with Crippen LogP contribution < -0.4 is 0 Å². The minimum absolute atomic E-state index is 0.131. The predicted molar refractivity (Wildman–Crippen MR) is 102 cm³/mol. The summed E-state index contributed by atoms with van der Waals surface area (Å²) in [6.45, 7) is 1.01. The average molecular weight is 392 g/mol. The van der Waals surface area contributed by atoms with E-state index in [9.17, 15) is 8.78 Å². The van der Waals surface area contributed by atoms with Crippen molar-refractivity contribution in [2.75, 3.05) is 7.11 Å². The molecule has 0 radical (unpaired) electrons. The Morgan fingerprint density at radius 3 is 2.71 bits per heavy atom.